The smallest absolute Gasteiger partial charge is 0.410 e. The Balaban J connectivity index is 1.22. The summed E-state index contributed by atoms with van der Waals surface area (Å²) in [4.78, 5) is 20.1. The zero-order valence-electron chi connectivity index (χ0n) is 19.0. The fourth-order valence-electron chi connectivity index (χ4n) is 5.37. The summed E-state index contributed by atoms with van der Waals surface area (Å²) in [7, 11) is 0. The Morgan fingerprint density at radius 1 is 1.13 bits per heavy atom. The van der Waals surface area contributed by atoms with E-state index in [1.807, 2.05) is 37.0 Å². The standard InChI is InChI=1S/C26H34N2O2S/c1-26(2,3)30-25(29)27-11-8-18(9-12-27)14-21-16-22-23-15-19-6-4-5-7-20(19)17-28(23)13-10-24(22)31-21/h4-7,16,18,23H,8-15,17H2,1-3H3. The van der Waals surface area contributed by atoms with Crippen molar-refractivity contribution in [2.45, 2.75) is 71.1 Å². The maximum atomic E-state index is 12.3. The molecular formula is C26H34N2O2S. The number of carbonyl (C=O) groups excluding carboxylic acids is 1. The van der Waals surface area contributed by atoms with Crippen molar-refractivity contribution in [3.8, 4) is 0 Å². The molecule has 0 saturated carbocycles. The van der Waals surface area contributed by atoms with E-state index in [9.17, 15) is 4.79 Å². The van der Waals surface area contributed by atoms with Crippen LogP contribution < -0.4 is 0 Å². The maximum Gasteiger partial charge on any atom is 0.410 e. The van der Waals surface area contributed by atoms with Crippen LogP contribution in [-0.2, 0) is 30.5 Å². The number of fused-ring (bicyclic) bond motifs is 4. The van der Waals surface area contributed by atoms with Gasteiger partial charge in [-0.2, -0.15) is 0 Å². The number of ether oxygens (including phenoxy) is 1. The van der Waals surface area contributed by atoms with Crippen molar-refractivity contribution in [3.63, 3.8) is 0 Å². The fourth-order valence-corrected chi connectivity index (χ4v) is 6.70. The second-order valence-electron chi connectivity index (χ2n) is 10.4. The third-order valence-electron chi connectivity index (χ3n) is 6.98. The van der Waals surface area contributed by atoms with Crippen LogP contribution in [0.2, 0.25) is 0 Å². The molecule has 3 aliphatic heterocycles. The van der Waals surface area contributed by atoms with Crippen LogP contribution in [-0.4, -0.2) is 41.1 Å². The lowest BCUT2D eigenvalue weighted by Gasteiger charge is -2.40. The van der Waals surface area contributed by atoms with Crippen LogP contribution >= 0.6 is 11.3 Å². The van der Waals surface area contributed by atoms with Gasteiger partial charge in [0.15, 0.2) is 0 Å². The topological polar surface area (TPSA) is 32.8 Å². The van der Waals surface area contributed by atoms with Crippen LogP contribution in [0.5, 0.6) is 0 Å². The second-order valence-corrected chi connectivity index (χ2v) is 11.6. The molecule has 1 saturated heterocycles. The Labute approximate surface area is 190 Å². The predicted octanol–water partition coefficient (Wildman–Crippen LogP) is 5.59. The van der Waals surface area contributed by atoms with E-state index in [0.29, 0.717) is 12.0 Å². The predicted molar refractivity (Wildman–Crippen MR) is 126 cm³/mol. The highest BCUT2D eigenvalue weighted by Gasteiger charge is 2.34. The van der Waals surface area contributed by atoms with Crippen LogP contribution in [0.3, 0.4) is 0 Å². The van der Waals surface area contributed by atoms with E-state index in [1.54, 1.807) is 15.3 Å². The van der Waals surface area contributed by atoms with E-state index in [2.05, 4.69) is 35.2 Å². The first-order valence-corrected chi connectivity index (χ1v) is 12.6. The number of carbonyl (C=O) groups is 1. The number of hydrogen-bond donors (Lipinski definition) is 0. The maximum absolute atomic E-state index is 12.3. The van der Waals surface area contributed by atoms with Gasteiger partial charge in [-0.1, -0.05) is 24.3 Å². The zero-order chi connectivity index (χ0) is 21.6. The monoisotopic (exact) mass is 438 g/mol. The van der Waals surface area contributed by atoms with E-state index < -0.39 is 5.60 Å². The molecule has 3 aliphatic rings. The molecule has 2 aromatic rings. The molecule has 31 heavy (non-hydrogen) atoms. The summed E-state index contributed by atoms with van der Waals surface area (Å²) in [6.07, 6.45) is 5.48. The molecule has 4 nitrogen and oxygen atoms in total. The molecule has 1 fully saturated rings. The number of rotatable bonds is 2. The third kappa shape index (κ3) is 4.54. The zero-order valence-corrected chi connectivity index (χ0v) is 19.8. The Bertz CT molecular complexity index is 953. The van der Waals surface area contributed by atoms with E-state index >= 15 is 0 Å². The quantitative estimate of drug-likeness (QED) is 0.612. The Kier molecular flexibility index (Phi) is 5.59. The van der Waals surface area contributed by atoms with Crippen LogP contribution in [0.25, 0.3) is 0 Å². The van der Waals surface area contributed by atoms with Gasteiger partial charge in [0.2, 0.25) is 0 Å². The van der Waals surface area contributed by atoms with E-state index in [1.165, 1.54) is 24.1 Å². The van der Waals surface area contributed by atoms with Gasteiger partial charge in [0.05, 0.1) is 0 Å². The van der Waals surface area contributed by atoms with E-state index in [0.717, 1.165) is 45.3 Å². The molecule has 4 heterocycles. The van der Waals surface area contributed by atoms with Crippen molar-refractivity contribution in [1.29, 1.82) is 0 Å². The van der Waals surface area contributed by atoms with Crippen molar-refractivity contribution in [2.75, 3.05) is 19.6 Å². The number of nitrogens with zero attached hydrogens (tertiary/aromatic N) is 2. The average Bonchev–Trinajstić information content (AvgIpc) is 3.14. The number of piperidine rings is 1. The van der Waals surface area contributed by atoms with Crippen molar-refractivity contribution < 1.29 is 9.53 Å². The molecule has 0 bridgehead atoms. The number of likely N-dealkylation sites (tertiary alicyclic amines) is 1. The van der Waals surface area contributed by atoms with Gasteiger partial charge in [0.25, 0.3) is 0 Å². The first-order valence-electron chi connectivity index (χ1n) is 11.8. The molecule has 5 rings (SSSR count). The Hall–Kier alpha value is -1.85. The summed E-state index contributed by atoms with van der Waals surface area (Å²) in [6, 6.07) is 12.0. The summed E-state index contributed by atoms with van der Waals surface area (Å²) < 4.78 is 5.55. The van der Waals surface area contributed by atoms with E-state index in [-0.39, 0.29) is 6.09 Å². The first kappa shape index (κ1) is 21.0. The number of amides is 1. The van der Waals surface area contributed by atoms with Crippen LogP contribution in [0, 0.1) is 5.92 Å². The first-order chi connectivity index (χ1) is 14.9. The molecule has 1 amide bonds. The van der Waals surface area contributed by atoms with Gasteiger partial charge < -0.3 is 9.64 Å². The van der Waals surface area contributed by atoms with Crippen LogP contribution in [0.1, 0.15) is 66.1 Å². The third-order valence-corrected chi connectivity index (χ3v) is 8.21. The molecule has 0 aliphatic carbocycles. The molecule has 1 aromatic carbocycles. The molecule has 166 valence electrons. The molecule has 1 unspecified atom stereocenters. The van der Waals surface area contributed by atoms with Gasteiger partial charge in [-0.05, 0) is 81.5 Å². The highest BCUT2D eigenvalue weighted by molar-refractivity contribution is 7.12. The Morgan fingerprint density at radius 3 is 2.61 bits per heavy atom. The van der Waals surface area contributed by atoms with Gasteiger partial charge in [-0.3, -0.25) is 4.90 Å². The summed E-state index contributed by atoms with van der Waals surface area (Å²) >= 11 is 2.05. The normalized spacial score (nSPS) is 21.9. The molecule has 0 N–H and O–H groups in total. The van der Waals surface area contributed by atoms with Crippen LogP contribution in [0.4, 0.5) is 4.79 Å². The fraction of sp³-hybridized carbons (Fsp3) is 0.577. The molecule has 0 radical (unpaired) electrons. The molecule has 1 atom stereocenters. The van der Waals surface area contributed by atoms with Gasteiger partial charge >= 0.3 is 6.09 Å². The van der Waals surface area contributed by atoms with E-state index in [4.69, 9.17) is 4.74 Å². The highest BCUT2D eigenvalue weighted by atomic mass is 32.1. The summed E-state index contributed by atoms with van der Waals surface area (Å²) in [5, 5.41) is 0. The summed E-state index contributed by atoms with van der Waals surface area (Å²) in [6.45, 7) is 9.71. The minimum absolute atomic E-state index is 0.157. The van der Waals surface area contributed by atoms with Gasteiger partial charge in [0, 0.05) is 42.0 Å². The lowest BCUT2D eigenvalue weighted by molar-refractivity contribution is 0.0184. The van der Waals surface area contributed by atoms with Gasteiger partial charge in [-0.15, -0.1) is 11.3 Å². The Morgan fingerprint density at radius 2 is 1.87 bits per heavy atom. The minimum Gasteiger partial charge on any atom is -0.444 e. The van der Waals surface area contributed by atoms with Crippen molar-refractivity contribution in [1.82, 2.24) is 9.80 Å². The number of hydrogen-bond acceptors (Lipinski definition) is 4. The summed E-state index contributed by atoms with van der Waals surface area (Å²) in [5.74, 6) is 0.668. The highest BCUT2D eigenvalue weighted by Crippen LogP contribution is 2.42. The number of thiophene rings is 1. The number of benzene rings is 1. The van der Waals surface area contributed by atoms with Crippen molar-refractivity contribution in [2.24, 2.45) is 5.92 Å². The summed E-state index contributed by atoms with van der Waals surface area (Å²) in [5.41, 5.74) is 4.21. The van der Waals surface area contributed by atoms with Gasteiger partial charge in [-0.25, -0.2) is 4.79 Å². The largest absolute Gasteiger partial charge is 0.444 e. The average molecular weight is 439 g/mol. The van der Waals surface area contributed by atoms with Crippen molar-refractivity contribution in [3.05, 3.63) is 56.8 Å². The van der Waals surface area contributed by atoms with Gasteiger partial charge in [0.1, 0.15) is 5.60 Å². The lowest BCUT2D eigenvalue weighted by atomic mass is 9.86. The lowest BCUT2D eigenvalue weighted by Crippen LogP contribution is -2.42. The second kappa shape index (κ2) is 8.25. The molecule has 1 aromatic heterocycles. The minimum atomic E-state index is -0.419. The SMILES string of the molecule is CC(C)(C)OC(=O)N1CCC(Cc2cc3c(s2)CCN2Cc4ccccc4CC32)CC1. The van der Waals surface area contributed by atoms with Crippen LogP contribution in [0.15, 0.2) is 30.3 Å². The molecular weight excluding hydrogens is 404 g/mol. The molecule has 5 heteroatoms. The molecule has 0 spiro atoms. The van der Waals surface area contributed by atoms with Crippen molar-refractivity contribution >= 4 is 17.4 Å².